The third kappa shape index (κ3) is 7.83. The molecule has 2 aromatic carbocycles. The molecule has 0 amide bonds. The molecule has 1 unspecified atom stereocenters. The molecular formula is C26H34O5. The summed E-state index contributed by atoms with van der Waals surface area (Å²) in [7, 11) is 0. The Morgan fingerprint density at radius 1 is 0.806 bits per heavy atom. The minimum atomic E-state index is -0.559. The molecule has 0 aliphatic rings. The van der Waals surface area contributed by atoms with Crippen LogP contribution in [-0.2, 0) is 9.78 Å². The molecule has 0 aromatic heterocycles. The molecule has 0 N–H and O–H groups in total. The van der Waals surface area contributed by atoms with Crippen LogP contribution in [0, 0.1) is 25.7 Å². The highest BCUT2D eigenvalue weighted by Gasteiger charge is 2.19. The molecule has 0 heterocycles. The standard InChI is InChI=1S/C26H34O5/c1-18(2)10-9-11-19(3)16-17-29-31-26(28)24-15-14-23(20(4)21(24)5)25(27)30-22-12-7-6-8-13-22/h6-8,12-15,18-19H,9-11,16-17H2,1-5H3. The summed E-state index contributed by atoms with van der Waals surface area (Å²) in [5.41, 5.74) is 2.13. The predicted molar refractivity (Wildman–Crippen MR) is 121 cm³/mol. The lowest BCUT2D eigenvalue weighted by Gasteiger charge is -2.13. The Labute approximate surface area is 185 Å². The van der Waals surface area contributed by atoms with Gasteiger partial charge < -0.3 is 4.74 Å². The molecule has 2 rings (SSSR count). The molecule has 0 radical (unpaired) electrons. The van der Waals surface area contributed by atoms with Crippen LogP contribution in [0.5, 0.6) is 5.75 Å². The zero-order valence-electron chi connectivity index (χ0n) is 19.3. The van der Waals surface area contributed by atoms with E-state index in [2.05, 4.69) is 20.8 Å². The molecule has 168 valence electrons. The smallest absolute Gasteiger partial charge is 0.373 e. The summed E-state index contributed by atoms with van der Waals surface area (Å²) in [6, 6.07) is 12.0. The van der Waals surface area contributed by atoms with Crippen molar-refractivity contribution >= 4 is 11.9 Å². The zero-order valence-corrected chi connectivity index (χ0v) is 19.3. The summed E-state index contributed by atoms with van der Waals surface area (Å²) in [5.74, 6) is 0.698. The second-order valence-corrected chi connectivity index (χ2v) is 8.52. The fourth-order valence-corrected chi connectivity index (χ4v) is 3.32. The van der Waals surface area contributed by atoms with Gasteiger partial charge >= 0.3 is 11.9 Å². The third-order valence-electron chi connectivity index (χ3n) is 5.49. The second-order valence-electron chi connectivity index (χ2n) is 8.52. The van der Waals surface area contributed by atoms with E-state index in [1.54, 1.807) is 50.2 Å². The topological polar surface area (TPSA) is 61.8 Å². The number of rotatable bonds is 11. The maximum atomic E-state index is 12.5. The van der Waals surface area contributed by atoms with Crippen molar-refractivity contribution in [3.63, 3.8) is 0 Å². The lowest BCUT2D eigenvalue weighted by atomic mass is 9.98. The molecule has 5 heteroatoms. The van der Waals surface area contributed by atoms with E-state index < -0.39 is 11.9 Å². The van der Waals surface area contributed by atoms with E-state index in [4.69, 9.17) is 14.5 Å². The van der Waals surface area contributed by atoms with Gasteiger partial charge in [0, 0.05) is 0 Å². The van der Waals surface area contributed by atoms with Crippen LogP contribution in [-0.4, -0.2) is 18.5 Å². The summed E-state index contributed by atoms with van der Waals surface area (Å²) in [4.78, 5) is 35.1. The van der Waals surface area contributed by atoms with Gasteiger partial charge in [0.25, 0.3) is 0 Å². The molecule has 5 nitrogen and oxygen atoms in total. The second kappa shape index (κ2) is 12.3. The van der Waals surface area contributed by atoms with E-state index in [-0.39, 0.29) is 0 Å². The molecule has 2 aromatic rings. The van der Waals surface area contributed by atoms with Gasteiger partial charge in [-0.15, -0.1) is 0 Å². The third-order valence-corrected chi connectivity index (χ3v) is 5.49. The minimum absolute atomic E-state index is 0.369. The van der Waals surface area contributed by atoms with Crippen LogP contribution < -0.4 is 4.74 Å². The largest absolute Gasteiger partial charge is 0.423 e. The van der Waals surface area contributed by atoms with E-state index >= 15 is 0 Å². The number of ether oxygens (including phenoxy) is 1. The normalized spacial score (nSPS) is 11.9. The van der Waals surface area contributed by atoms with Crippen molar-refractivity contribution in [1.82, 2.24) is 0 Å². The highest BCUT2D eigenvalue weighted by molar-refractivity contribution is 5.96. The summed E-state index contributed by atoms with van der Waals surface area (Å²) in [6.45, 7) is 10.6. The molecule has 0 aliphatic carbocycles. The summed E-state index contributed by atoms with van der Waals surface area (Å²) >= 11 is 0. The highest BCUT2D eigenvalue weighted by Crippen LogP contribution is 2.21. The molecule has 0 aliphatic heterocycles. The van der Waals surface area contributed by atoms with Crippen molar-refractivity contribution in [2.75, 3.05) is 6.61 Å². The fraction of sp³-hybridized carbons (Fsp3) is 0.462. The molecule has 0 saturated carbocycles. The maximum Gasteiger partial charge on any atom is 0.373 e. The number of carbonyl (C=O) groups excluding carboxylic acids is 2. The number of benzene rings is 2. The van der Waals surface area contributed by atoms with Crippen LogP contribution >= 0.6 is 0 Å². The first-order valence-corrected chi connectivity index (χ1v) is 11.0. The lowest BCUT2D eigenvalue weighted by molar-refractivity contribution is -0.242. The van der Waals surface area contributed by atoms with Crippen molar-refractivity contribution in [2.24, 2.45) is 11.8 Å². The Morgan fingerprint density at radius 2 is 1.42 bits per heavy atom. The van der Waals surface area contributed by atoms with Crippen LogP contribution in [0.4, 0.5) is 0 Å². The Bertz CT molecular complexity index is 858. The molecule has 0 bridgehead atoms. The Kier molecular flexibility index (Phi) is 9.73. The van der Waals surface area contributed by atoms with Crippen molar-refractivity contribution in [2.45, 2.75) is 60.3 Å². The Balaban J connectivity index is 1.86. The van der Waals surface area contributed by atoms with E-state index in [0.29, 0.717) is 40.5 Å². The molecule has 1 atom stereocenters. The van der Waals surface area contributed by atoms with Gasteiger partial charge in [0.15, 0.2) is 0 Å². The molecule has 31 heavy (non-hydrogen) atoms. The van der Waals surface area contributed by atoms with Crippen molar-refractivity contribution in [3.05, 3.63) is 64.7 Å². The van der Waals surface area contributed by atoms with Gasteiger partial charge in [0.2, 0.25) is 0 Å². The zero-order chi connectivity index (χ0) is 22.8. The van der Waals surface area contributed by atoms with E-state index in [9.17, 15) is 9.59 Å². The van der Waals surface area contributed by atoms with Crippen LogP contribution in [0.25, 0.3) is 0 Å². The first-order chi connectivity index (χ1) is 14.8. The van der Waals surface area contributed by atoms with Crippen LogP contribution in [0.3, 0.4) is 0 Å². The number of para-hydroxylation sites is 1. The van der Waals surface area contributed by atoms with Gasteiger partial charge in [-0.3, -0.25) is 4.89 Å². The number of carbonyl (C=O) groups is 2. The minimum Gasteiger partial charge on any atom is -0.423 e. The van der Waals surface area contributed by atoms with Gasteiger partial charge in [-0.05, 0) is 67.5 Å². The Morgan fingerprint density at radius 3 is 2.03 bits per heavy atom. The lowest BCUT2D eigenvalue weighted by Crippen LogP contribution is -2.14. The average molecular weight is 427 g/mol. The maximum absolute atomic E-state index is 12.5. The number of hydrogen-bond donors (Lipinski definition) is 0. The predicted octanol–water partition coefficient (Wildman–Crippen LogP) is 6.46. The van der Waals surface area contributed by atoms with Crippen LogP contribution in [0.2, 0.25) is 0 Å². The molecule has 0 saturated heterocycles. The summed E-state index contributed by atoms with van der Waals surface area (Å²) < 4.78 is 5.40. The highest BCUT2D eigenvalue weighted by atomic mass is 17.2. The fourth-order valence-electron chi connectivity index (χ4n) is 3.32. The van der Waals surface area contributed by atoms with Gasteiger partial charge in [-0.25, -0.2) is 9.59 Å². The quantitative estimate of drug-likeness (QED) is 0.136. The van der Waals surface area contributed by atoms with Crippen molar-refractivity contribution < 1.29 is 24.1 Å². The SMILES string of the molecule is Cc1c(C(=O)OOCCC(C)CCCC(C)C)ccc(C(=O)Oc2ccccc2)c1C. The monoisotopic (exact) mass is 426 g/mol. The van der Waals surface area contributed by atoms with E-state index in [1.165, 1.54) is 12.8 Å². The van der Waals surface area contributed by atoms with Crippen molar-refractivity contribution in [3.8, 4) is 5.75 Å². The summed E-state index contributed by atoms with van der Waals surface area (Å²) in [5, 5.41) is 0. The molecular weight excluding hydrogens is 392 g/mol. The van der Waals surface area contributed by atoms with Gasteiger partial charge in [0.05, 0.1) is 17.7 Å². The Hall–Kier alpha value is -2.66. The van der Waals surface area contributed by atoms with Gasteiger partial charge in [0.1, 0.15) is 5.75 Å². The first-order valence-electron chi connectivity index (χ1n) is 11.0. The number of esters is 1. The number of hydrogen-bond acceptors (Lipinski definition) is 5. The first kappa shape index (κ1) is 24.6. The average Bonchev–Trinajstić information content (AvgIpc) is 2.73. The van der Waals surface area contributed by atoms with E-state index in [0.717, 1.165) is 18.8 Å². The van der Waals surface area contributed by atoms with Crippen LogP contribution in [0.1, 0.15) is 78.3 Å². The molecule has 0 fully saturated rings. The van der Waals surface area contributed by atoms with Crippen LogP contribution in [0.15, 0.2) is 42.5 Å². The van der Waals surface area contributed by atoms with Gasteiger partial charge in [-0.1, -0.05) is 58.2 Å². The molecule has 0 spiro atoms. The van der Waals surface area contributed by atoms with Gasteiger partial charge in [-0.2, -0.15) is 4.89 Å². The van der Waals surface area contributed by atoms with E-state index in [1.807, 2.05) is 6.07 Å². The van der Waals surface area contributed by atoms with Crippen molar-refractivity contribution in [1.29, 1.82) is 0 Å². The summed E-state index contributed by atoms with van der Waals surface area (Å²) in [6.07, 6.45) is 4.42.